The van der Waals surface area contributed by atoms with Gasteiger partial charge in [0.2, 0.25) is 0 Å². The van der Waals surface area contributed by atoms with Crippen LogP contribution in [-0.2, 0) is 14.3 Å². The van der Waals surface area contributed by atoms with Crippen molar-refractivity contribution in [1.82, 2.24) is 5.32 Å². The molecule has 1 heterocycles. The van der Waals surface area contributed by atoms with E-state index in [0.717, 1.165) is 12.1 Å². The van der Waals surface area contributed by atoms with Crippen LogP contribution >= 0.6 is 0 Å². The first kappa shape index (κ1) is 18.1. The molecule has 1 saturated heterocycles. The highest BCUT2D eigenvalue weighted by molar-refractivity contribution is 5.95. The Balaban J connectivity index is 2.11. The molecule has 0 radical (unpaired) electrons. The highest BCUT2D eigenvalue weighted by Crippen LogP contribution is 2.21. The van der Waals surface area contributed by atoms with E-state index in [-0.39, 0.29) is 12.4 Å². The fourth-order valence-corrected chi connectivity index (χ4v) is 2.36. The van der Waals surface area contributed by atoms with Gasteiger partial charge in [-0.2, -0.15) is 0 Å². The van der Waals surface area contributed by atoms with Crippen molar-refractivity contribution >= 4 is 11.9 Å². The van der Waals surface area contributed by atoms with Crippen molar-refractivity contribution in [3.8, 4) is 5.75 Å². The van der Waals surface area contributed by atoms with Gasteiger partial charge in [0, 0.05) is 18.7 Å². The third kappa shape index (κ3) is 4.39. The summed E-state index contributed by atoms with van der Waals surface area (Å²) in [5.41, 5.74) is -0.752. The summed E-state index contributed by atoms with van der Waals surface area (Å²) < 4.78 is 43.0. The van der Waals surface area contributed by atoms with E-state index in [9.17, 15) is 18.4 Å². The van der Waals surface area contributed by atoms with Crippen molar-refractivity contribution in [2.24, 2.45) is 0 Å². The smallest absolute Gasteiger partial charge is 0.329 e. The van der Waals surface area contributed by atoms with Crippen molar-refractivity contribution in [3.63, 3.8) is 0 Å². The summed E-state index contributed by atoms with van der Waals surface area (Å²) in [5.74, 6) is -4.32. The van der Waals surface area contributed by atoms with Crippen LogP contribution in [0.4, 0.5) is 8.78 Å². The minimum Gasteiger partial charge on any atom is -0.497 e. The molecule has 0 spiro atoms. The largest absolute Gasteiger partial charge is 0.497 e. The van der Waals surface area contributed by atoms with E-state index in [2.05, 4.69) is 5.32 Å². The molecule has 1 aliphatic heterocycles. The van der Waals surface area contributed by atoms with Gasteiger partial charge in [-0.05, 0) is 6.42 Å². The number of carbonyl (C=O) groups excluding carboxylic acids is 1. The van der Waals surface area contributed by atoms with Crippen molar-refractivity contribution in [2.75, 3.05) is 26.9 Å². The van der Waals surface area contributed by atoms with Gasteiger partial charge in [0.1, 0.15) is 29.6 Å². The fraction of sp³-hybridized carbons (Fsp3) is 0.467. The molecule has 1 aromatic carbocycles. The normalized spacial score (nSPS) is 20.5. The zero-order valence-electron chi connectivity index (χ0n) is 12.9. The van der Waals surface area contributed by atoms with Crippen LogP contribution in [0.15, 0.2) is 12.1 Å². The molecular weight excluding hydrogens is 328 g/mol. The van der Waals surface area contributed by atoms with Gasteiger partial charge < -0.3 is 24.6 Å². The summed E-state index contributed by atoms with van der Waals surface area (Å²) in [5, 5.41) is 11.1. The average Bonchev–Trinajstić information content (AvgIpc) is 2.53. The van der Waals surface area contributed by atoms with Gasteiger partial charge in [0.05, 0.1) is 25.9 Å². The average molecular weight is 345 g/mol. The van der Waals surface area contributed by atoms with Gasteiger partial charge >= 0.3 is 5.97 Å². The van der Waals surface area contributed by atoms with Crippen LogP contribution in [0.2, 0.25) is 0 Å². The van der Waals surface area contributed by atoms with Crippen LogP contribution in [0, 0.1) is 11.6 Å². The molecule has 7 nitrogen and oxygen atoms in total. The number of benzene rings is 1. The molecule has 0 bridgehead atoms. The predicted octanol–water partition coefficient (Wildman–Crippen LogP) is 0.962. The van der Waals surface area contributed by atoms with Crippen LogP contribution in [0.3, 0.4) is 0 Å². The number of carboxylic acid groups (broad SMARTS) is 1. The Bertz CT molecular complexity index is 601. The second-order valence-electron chi connectivity index (χ2n) is 5.15. The highest BCUT2D eigenvalue weighted by Gasteiger charge is 2.30. The first-order valence-corrected chi connectivity index (χ1v) is 7.17. The topological polar surface area (TPSA) is 94.1 Å². The summed E-state index contributed by atoms with van der Waals surface area (Å²) in [6, 6.07) is 1.08. The Hall–Kier alpha value is -2.26. The second-order valence-corrected chi connectivity index (χ2v) is 5.15. The number of hydrogen-bond donors (Lipinski definition) is 2. The Morgan fingerprint density at radius 1 is 1.38 bits per heavy atom. The number of aliphatic carboxylic acids is 1. The lowest BCUT2D eigenvalue weighted by atomic mass is 10.1. The van der Waals surface area contributed by atoms with Crippen molar-refractivity contribution in [2.45, 2.75) is 18.6 Å². The molecule has 0 aliphatic carbocycles. The molecule has 2 N–H and O–H groups in total. The summed E-state index contributed by atoms with van der Waals surface area (Å²) >= 11 is 0. The summed E-state index contributed by atoms with van der Waals surface area (Å²) in [7, 11) is 1.25. The van der Waals surface area contributed by atoms with Crippen LogP contribution in [0.1, 0.15) is 16.8 Å². The number of hydrogen-bond acceptors (Lipinski definition) is 5. The minimum atomic E-state index is -1.15. The Morgan fingerprint density at radius 2 is 2.04 bits per heavy atom. The molecule has 2 rings (SSSR count). The molecule has 1 aliphatic rings. The number of nitrogens with one attached hydrogen (secondary N) is 1. The molecule has 0 unspecified atom stereocenters. The molecule has 132 valence electrons. The van der Waals surface area contributed by atoms with E-state index in [1.807, 2.05) is 0 Å². The molecule has 0 aromatic heterocycles. The number of carbonyl (C=O) groups is 2. The van der Waals surface area contributed by atoms with Crippen LogP contribution in [-0.4, -0.2) is 56.1 Å². The molecule has 1 fully saturated rings. The number of rotatable bonds is 6. The molecule has 9 heteroatoms. The van der Waals surface area contributed by atoms with E-state index in [0.29, 0.717) is 13.0 Å². The zero-order valence-corrected chi connectivity index (χ0v) is 12.9. The first-order chi connectivity index (χ1) is 11.4. The molecule has 24 heavy (non-hydrogen) atoms. The second kappa shape index (κ2) is 8.02. The quantitative estimate of drug-likeness (QED) is 0.798. The SMILES string of the molecule is COc1cc(F)c(C(=O)N[C@@H]2COCC[C@@H]2OCC(=O)O)c(F)c1. The minimum absolute atomic E-state index is 0.0507. The predicted molar refractivity (Wildman–Crippen MR) is 77.0 cm³/mol. The molecule has 0 saturated carbocycles. The van der Waals surface area contributed by atoms with E-state index >= 15 is 0 Å². The highest BCUT2D eigenvalue weighted by atomic mass is 19.1. The first-order valence-electron chi connectivity index (χ1n) is 7.17. The van der Waals surface area contributed by atoms with Crippen molar-refractivity contribution in [1.29, 1.82) is 0 Å². The summed E-state index contributed by atoms with van der Waals surface area (Å²) in [4.78, 5) is 22.8. The number of amides is 1. The molecule has 1 aromatic rings. The lowest BCUT2D eigenvalue weighted by Crippen LogP contribution is -2.51. The van der Waals surface area contributed by atoms with Crippen molar-refractivity contribution in [3.05, 3.63) is 29.3 Å². The standard InChI is InChI=1S/C15H17F2NO6/c1-22-8-4-9(16)14(10(17)5-8)15(21)18-11-6-23-3-2-12(11)24-7-13(19)20/h4-5,11-12H,2-3,6-7H2,1H3,(H,18,21)(H,19,20)/t11-,12+/m1/s1. The fourth-order valence-electron chi connectivity index (χ4n) is 2.36. The van der Waals surface area contributed by atoms with E-state index in [1.54, 1.807) is 0 Å². The zero-order chi connectivity index (χ0) is 17.7. The number of halogens is 2. The van der Waals surface area contributed by atoms with Gasteiger partial charge in [-0.3, -0.25) is 4.79 Å². The van der Waals surface area contributed by atoms with Crippen molar-refractivity contribution < 1.29 is 37.7 Å². The summed E-state index contributed by atoms with van der Waals surface area (Å²) in [6.07, 6.45) is -0.269. The van der Waals surface area contributed by atoms with E-state index in [4.69, 9.17) is 19.3 Å². The lowest BCUT2D eigenvalue weighted by Gasteiger charge is -2.31. The molecule has 1 amide bonds. The Kier molecular flexibility index (Phi) is 6.04. The number of carboxylic acids is 1. The monoisotopic (exact) mass is 345 g/mol. The number of methoxy groups -OCH3 is 1. The maximum Gasteiger partial charge on any atom is 0.329 e. The Morgan fingerprint density at radius 3 is 2.62 bits per heavy atom. The van der Waals surface area contributed by atoms with E-state index in [1.165, 1.54) is 7.11 Å². The maximum atomic E-state index is 13.9. The van der Waals surface area contributed by atoms with Crippen LogP contribution < -0.4 is 10.1 Å². The Labute approximate surface area is 136 Å². The van der Waals surface area contributed by atoms with Crippen LogP contribution in [0.5, 0.6) is 5.75 Å². The van der Waals surface area contributed by atoms with Gasteiger partial charge in [-0.15, -0.1) is 0 Å². The lowest BCUT2D eigenvalue weighted by molar-refractivity contribution is -0.147. The summed E-state index contributed by atoms with van der Waals surface area (Å²) in [6.45, 7) is -0.153. The van der Waals surface area contributed by atoms with E-state index < -0.39 is 47.8 Å². The molecule has 2 atom stereocenters. The number of ether oxygens (including phenoxy) is 3. The van der Waals surface area contributed by atoms with Gasteiger partial charge in [-0.25, -0.2) is 13.6 Å². The third-order valence-electron chi connectivity index (χ3n) is 3.51. The maximum absolute atomic E-state index is 13.9. The van der Waals surface area contributed by atoms with Crippen LogP contribution in [0.25, 0.3) is 0 Å². The van der Waals surface area contributed by atoms with Gasteiger partial charge in [0.25, 0.3) is 5.91 Å². The van der Waals surface area contributed by atoms with Gasteiger partial charge in [-0.1, -0.05) is 0 Å². The van der Waals surface area contributed by atoms with Gasteiger partial charge in [0.15, 0.2) is 0 Å². The third-order valence-corrected chi connectivity index (χ3v) is 3.51. The molecular formula is C15H17F2NO6.